The molecule has 0 spiro atoms. The fourth-order valence-electron chi connectivity index (χ4n) is 0.141. The molecule has 1 heterocycles. The minimum absolute atomic E-state index is 1.41. The molecule has 0 aromatic rings. The summed E-state index contributed by atoms with van der Waals surface area (Å²) < 4.78 is 13.0. The molecule has 1 saturated heterocycles. The second-order valence-electron chi connectivity index (χ2n) is 0.847. The van der Waals surface area contributed by atoms with Crippen LogP contribution in [0.5, 0.6) is 0 Å². The Kier molecular flexibility index (Phi) is 1.43. The van der Waals surface area contributed by atoms with E-state index < -0.39 is 6.72 Å². The topological polar surface area (TPSA) is 36.9 Å². The number of hydrogen-bond donors (Lipinski definition) is 0. The van der Waals surface area contributed by atoms with Crippen molar-refractivity contribution in [3.63, 3.8) is 0 Å². The molecule has 0 unspecified atom stereocenters. The quantitative estimate of drug-likeness (QED) is 0.399. The van der Waals surface area contributed by atoms with Crippen LogP contribution in [0.15, 0.2) is 0 Å². The summed E-state index contributed by atoms with van der Waals surface area (Å²) >= 11 is 4.55. The zero-order valence-electron chi connectivity index (χ0n) is 3.49. The summed E-state index contributed by atoms with van der Waals surface area (Å²) in [6, 6.07) is 0. The van der Waals surface area contributed by atoms with Crippen LogP contribution in [0.1, 0.15) is 0 Å². The van der Waals surface area contributed by atoms with Crippen LogP contribution < -0.4 is 0 Å². The standard InChI is InChI=1S/CH3O4PS/c1-2-6(7)4-3-5-6/h1H3. The van der Waals surface area contributed by atoms with Crippen molar-refractivity contribution in [1.82, 2.24) is 0 Å². The van der Waals surface area contributed by atoms with Crippen LogP contribution in [0.25, 0.3) is 0 Å². The van der Waals surface area contributed by atoms with E-state index in [1.165, 1.54) is 7.11 Å². The number of hydrogen-bond acceptors (Lipinski definition) is 5. The molecule has 0 bridgehead atoms. The minimum Gasteiger partial charge on any atom is -0.309 e. The molecule has 0 aromatic heterocycles. The van der Waals surface area contributed by atoms with E-state index >= 15 is 0 Å². The molecule has 42 valence electrons. The minimum atomic E-state index is -2.36. The van der Waals surface area contributed by atoms with Crippen molar-refractivity contribution >= 4 is 18.5 Å². The average molecular weight is 142 g/mol. The Morgan fingerprint density at radius 1 is 1.57 bits per heavy atom. The summed E-state index contributed by atoms with van der Waals surface area (Å²) in [5.74, 6) is 0. The zero-order chi connectivity index (χ0) is 5.33. The molecule has 4 nitrogen and oxygen atoms in total. The van der Waals surface area contributed by atoms with Gasteiger partial charge in [-0.25, -0.2) is 0 Å². The van der Waals surface area contributed by atoms with Gasteiger partial charge in [0, 0.05) is 7.11 Å². The van der Waals surface area contributed by atoms with Crippen molar-refractivity contribution in [2.75, 3.05) is 7.11 Å². The Morgan fingerprint density at radius 2 is 2.14 bits per heavy atom. The molecule has 0 aromatic carbocycles. The van der Waals surface area contributed by atoms with Crippen molar-refractivity contribution in [2.24, 2.45) is 0 Å². The van der Waals surface area contributed by atoms with Crippen molar-refractivity contribution in [3.8, 4) is 0 Å². The second kappa shape index (κ2) is 1.78. The van der Waals surface area contributed by atoms with Crippen molar-refractivity contribution in [2.45, 2.75) is 0 Å². The van der Waals surface area contributed by atoms with Gasteiger partial charge in [0.05, 0.1) is 0 Å². The number of rotatable bonds is 1. The van der Waals surface area contributed by atoms with Gasteiger partial charge in [0.1, 0.15) is 0 Å². The van der Waals surface area contributed by atoms with Crippen molar-refractivity contribution in [3.05, 3.63) is 0 Å². The Morgan fingerprint density at radius 3 is 2.14 bits per heavy atom. The lowest BCUT2D eigenvalue weighted by molar-refractivity contribution is -0.489. The Labute approximate surface area is 45.4 Å². The Bertz CT molecular complexity index is 96.0. The highest BCUT2D eigenvalue weighted by molar-refractivity contribution is 8.07. The fourth-order valence-corrected chi connectivity index (χ4v) is 0.572. The first-order chi connectivity index (χ1) is 3.27. The van der Waals surface area contributed by atoms with Gasteiger partial charge in [-0.15, -0.1) is 9.35 Å². The summed E-state index contributed by atoms with van der Waals surface area (Å²) in [6.45, 7) is -2.36. The average Bonchev–Trinajstić information content (AvgIpc) is 1.61. The lowest BCUT2D eigenvalue weighted by Gasteiger charge is -2.22. The summed E-state index contributed by atoms with van der Waals surface area (Å²) in [5, 5.41) is 3.85. The summed E-state index contributed by atoms with van der Waals surface area (Å²) in [6.07, 6.45) is 0. The summed E-state index contributed by atoms with van der Waals surface area (Å²) in [5.41, 5.74) is 0. The van der Waals surface area contributed by atoms with Gasteiger partial charge in [0.2, 0.25) is 0 Å². The third-order valence-corrected chi connectivity index (χ3v) is 2.21. The highest BCUT2D eigenvalue weighted by Crippen LogP contribution is 2.57. The van der Waals surface area contributed by atoms with E-state index in [0.717, 1.165) is 0 Å². The van der Waals surface area contributed by atoms with E-state index in [-0.39, 0.29) is 0 Å². The first-order valence-electron chi connectivity index (χ1n) is 1.47. The first kappa shape index (κ1) is 5.62. The molecule has 1 fully saturated rings. The van der Waals surface area contributed by atoms with E-state index in [9.17, 15) is 0 Å². The van der Waals surface area contributed by atoms with Gasteiger partial charge in [0.15, 0.2) is 0 Å². The van der Waals surface area contributed by atoms with E-state index in [4.69, 9.17) is 0 Å². The van der Waals surface area contributed by atoms with Crippen molar-refractivity contribution < 1.29 is 18.9 Å². The molecule has 0 saturated carbocycles. The maximum absolute atomic E-state index is 4.55. The van der Waals surface area contributed by atoms with Crippen LogP contribution in [0.4, 0.5) is 0 Å². The van der Waals surface area contributed by atoms with E-state index in [1.54, 1.807) is 0 Å². The lowest BCUT2D eigenvalue weighted by Crippen LogP contribution is -2.07. The molecular weight excluding hydrogens is 139 g/mol. The smallest absolute Gasteiger partial charge is 0.309 e. The molecule has 1 rings (SSSR count). The van der Waals surface area contributed by atoms with Crippen LogP contribution in [0.3, 0.4) is 0 Å². The molecule has 0 radical (unpaired) electrons. The van der Waals surface area contributed by atoms with E-state index in [1.807, 2.05) is 0 Å². The molecule has 7 heavy (non-hydrogen) atoms. The molecule has 0 N–H and O–H groups in total. The van der Waals surface area contributed by atoms with Gasteiger partial charge in [-0.05, 0) is 11.8 Å². The first-order valence-corrected chi connectivity index (χ1v) is 4.03. The van der Waals surface area contributed by atoms with Crippen LogP contribution in [0.2, 0.25) is 0 Å². The molecule has 0 amide bonds. The van der Waals surface area contributed by atoms with E-state index in [0.29, 0.717) is 0 Å². The van der Waals surface area contributed by atoms with Crippen molar-refractivity contribution in [1.29, 1.82) is 0 Å². The monoisotopic (exact) mass is 142 g/mol. The summed E-state index contributed by atoms with van der Waals surface area (Å²) in [4.78, 5) is 0. The summed E-state index contributed by atoms with van der Waals surface area (Å²) in [7, 11) is 1.41. The van der Waals surface area contributed by atoms with E-state index in [2.05, 4.69) is 30.7 Å². The third kappa shape index (κ3) is 0.991. The van der Waals surface area contributed by atoms with Gasteiger partial charge in [0.25, 0.3) is 0 Å². The van der Waals surface area contributed by atoms with Crippen LogP contribution in [0, 0.1) is 0 Å². The largest absolute Gasteiger partial charge is 0.389 e. The van der Waals surface area contributed by atoms with Crippen LogP contribution in [-0.2, 0) is 30.7 Å². The van der Waals surface area contributed by atoms with Gasteiger partial charge in [-0.2, -0.15) is 0 Å². The Hall–Kier alpha value is 0.490. The molecular formula is CH3O4PS. The maximum Gasteiger partial charge on any atom is 0.389 e. The maximum atomic E-state index is 4.55. The van der Waals surface area contributed by atoms with Crippen LogP contribution >= 0.6 is 6.72 Å². The highest BCUT2D eigenvalue weighted by Gasteiger charge is 2.32. The zero-order valence-corrected chi connectivity index (χ0v) is 5.20. The van der Waals surface area contributed by atoms with Gasteiger partial charge >= 0.3 is 6.72 Å². The second-order valence-corrected chi connectivity index (χ2v) is 3.75. The SMILES string of the molecule is COP1(=S)OOO1. The van der Waals surface area contributed by atoms with Gasteiger partial charge in [-0.3, -0.25) is 0 Å². The lowest BCUT2D eigenvalue weighted by atomic mass is 11.8. The molecule has 1 aliphatic rings. The predicted octanol–water partition coefficient (Wildman–Crippen LogP) is 0.751. The predicted molar refractivity (Wildman–Crippen MR) is 24.5 cm³/mol. The van der Waals surface area contributed by atoms with Crippen LogP contribution in [-0.4, -0.2) is 7.11 Å². The van der Waals surface area contributed by atoms with Gasteiger partial charge in [-0.1, -0.05) is 5.04 Å². The molecule has 6 heteroatoms. The Balaban J connectivity index is 2.45. The molecule has 1 aliphatic heterocycles. The molecule has 0 atom stereocenters. The normalized spacial score (nSPS) is 26.4. The molecule has 0 aliphatic carbocycles. The van der Waals surface area contributed by atoms with Gasteiger partial charge < -0.3 is 4.52 Å². The highest BCUT2D eigenvalue weighted by atomic mass is 32.5. The third-order valence-electron chi connectivity index (χ3n) is 0.467. The fraction of sp³-hybridized carbons (Fsp3) is 1.00.